The lowest BCUT2D eigenvalue weighted by Crippen LogP contribution is -2.03. The van der Waals surface area contributed by atoms with Crippen LogP contribution in [-0.2, 0) is 6.61 Å². The van der Waals surface area contributed by atoms with Gasteiger partial charge in [0.25, 0.3) is 0 Å². The van der Waals surface area contributed by atoms with Gasteiger partial charge >= 0.3 is 5.69 Å². The van der Waals surface area contributed by atoms with E-state index < -0.39 is 22.2 Å². The summed E-state index contributed by atoms with van der Waals surface area (Å²) in [6, 6.07) is 6.40. The number of hydrogen-bond acceptors (Lipinski definition) is 5. The van der Waals surface area contributed by atoms with Gasteiger partial charge in [0.05, 0.1) is 18.1 Å². The number of nitro benzene ring substituents is 1. The summed E-state index contributed by atoms with van der Waals surface area (Å²) in [5.74, 6) is -1.64. The van der Waals surface area contributed by atoms with Crippen molar-refractivity contribution in [3.8, 4) is 11.5 Å². The van der Waals surface area contributed by atoms with Crippen LogP contribution in [-0.4, -0.2) is 17.0 Å². The molecule has 1 aromatic heterocycles. The van der Waals surface area contributed by atoms with E-state index in [9.17, 15) is 18.9 Å². The molecular weight excluding hydrogens is 334 g/mol. The molecule has 0 bridgehead atoms. The van der Waals surface area contributed by atoms with Crippen LogP contribution < -0.4 is 9.47 Å². The Morgan fingerprint density at radius 3 is 2.68 bits per heavy atom. The molecule has 1 heterocycles. The average Bonchev–Trinajstić information content (AvgIpc) is 2.61. The third-order valence-electron chi connectivity index (χ3n) is 3.68. The van der Waals surface area contributed by atoms with E-state index in [-0.39, 0.29) is 23.7 Å². The first-order chi connectivity index (χ1) is 12.0. The topological polar surface area (TPSA) is 74.5 Å². The van der Waals surface area contributed by atoms with Crippen LogP contribution in [0, 0.1) is 21.7 Å². The van der Waals surface area contributed by atoms with E-state index in [2.05, 4.69) is 4.98 Å². The summed E-state index contributed by atoms with van der Waals surface area (Å²) in [6.45, 7) is -0.228. The van der Waals surface area contributed by atoms with Gasteiger partial charge in [0.2, 0.25) is 5.82 Å². The summed E-state index contributed by atoms with van der Waals surface area (Å²) in [5.41, 5.74) is -0.518. The minimum absolute atomic E-state index is 0.0260. The van der Waals surface area contributed by atoms with E-state index in [1.54, 1.807) is 18.3 Å². The van der Waals surface area contributed by atoms with Gasteiger partial charge in [-0.2, -0.15) is 4.39 Å². The predicted molar refractivity (Wildman–Crippen MR) is 85.6 cm³/mol. The largest absolute Gasteiger partial charge is 0.493 e. The summed E-state index contributed by atoms with van der Waals surface area (Å²) in [7, 11) is 1.27. The maximum absolute atomic E-state index is 14.2. The van der Waals surface area contributed by atoms with Crippen molar-refractivity contribution in [2.45, 2.75) is 6.61 Å². The number of aromatic nitrogens is 1. The SMILES string of the molecule is COc1cc(F)c([N+](=O)[O-])cc1OCc1c(F)ccc2ccncc12. The Morgan fingerprint density at radius 1 is 1.16 bits per heavy atom. The maximum Gasteiger partial charge on any atom is 0.308 e. The lowest BCUT2D eigenvalue weighted by atomic mass is 10.1. The molecule has 6 nitrogen and oxygen atoms in total. The number of halogens is 2. The molecule has 0 aliphatic rings. The van der Waals surface area contributed by atoms with Crippen molar-refractivity contribution < 1.29 is 23.2 Å². The van der Waals surface area contributed by atoms with Crippen molar-refractivity contribution in [2.75, 3.05) is 7.11 Å². The molecule has 0 aliphatic carbocycles. The number of pyridine rings is 1. The van der Waals surface area contributed by atoms with Gasteiger partial charge in [-0.15, -0.1) is 0 Å². The van der Waals surface area contributed by atoms with Gasteiger partial charge in [-0.25, -0.2) is 4.39 Å². The van der Waals surface area contributed by atoms with Gasteiger partial charge in [-0.1, -0.05) is 6.07 Å². The highest BCUT2D eigenvalue weighted by molar-refractivity contribution is 5.84. The van der Waals surface area contributed by atoms with E-state index in [4.69, 9.17) is 9.47 Å². The van der Waals surface area contributed by atoms with Crippen LogP contribution in [0.3, 0.4) is 0 Å². The van der Waals surface area contributed by atoms with E-state index in [1.165, 1.54) is 19.4 Å². The van der Waals surface area contributed by atoms with Crippen LogP contribution in [0.5, 0.6) is 11.5 Å². The number of fused-ring (bicyclic) bond motifs is 1. The smallest absolute Gasteiger partial charge is 0.308 e. The van der Waals surface area contributed by atoms with E-state index >= 15 is 0 Å². The van der Waals surface area contributed by atoms with Gasteiger partial charge in [0, 0.05) is 29.4 Å². The van der Waals surface area contributed by atoms with Gasteiger partial charge < -0.3 is 9.47 Å². The molecule has 8 heteroatoms. The fraction of sp³-hybridized carbons (Fsp3) is 0.118. The summed E-state index contributed by atoms with van der Waals surface area (Å²) in [4.78, 5) is 14.0. The molecule has 0 saturated carbocycles. The van der Waals surface area contributed by atoms with E-state index in [0.29, 0.717) is 5.39 Å². The molecule has 0 N–H and O–H groups in total. The number of rotatable bonds is 5. The zero-order valence-electron chi connectivity index (χ0n) is 13.0. The fourth-order valence-electron chi connectivity index (χ4n) is 2.43. The highest BCUT2D eigenvalue weighted by atomic mass is 19.1. The van der Waals surface area contributed by atoms with Gasteiger partial charge in [-0.05, 0) is 17.5 Å². The molecule has 0 amide bonds. The second kappa shape index (κ2) is 6.68. The molecule has 0 fully saturated rings. The maximum atomic E-state index is 14.2. The molecule has 0 saturated heterocycles. The summed E-state index contributed by atoms with van der Waals surface area (Å²) in [6.07, 6.45) is 3.08. The number of hydrogen-bond donors (Lipinski definition) is 0. The third-order valence-corrected chi connectivity index (χ3v) is 3.68. The van der Waals surface area contributed by atoms with Gasteiger partial charge in [0.15, 0.2) is 11.5 Å². The molecule has 0 spiro atoms. The van der Waals surface area contributed by atoms with Gasteiger partial charge in [-0.3, -0.25) is 15.1 Å². The summed E-state index contributed by atoms with van der Waals surface area (Å²) in [5, 5.41) is 12.2. The molecular formula is C17H12F2N2O4. The molecule has 0 aliphatic heterocycles. The van der Waals surface area contributed by atoms with Crippen molar-refractivity contribution in [1.82, 2.24) is 4.98 Å². The van der Waals surface area contributed by atoms with E-state index in [0.717, 1.165) is 17.5 Å². The van der Waals surface area contributed by atoms with Crippen LogP contribution in [0.4, 0.5) is 14.5 Å². The quantitative estimate of drug-likeness (QED) is 0.515. The Kier molecular flexibility index (Phi) is 4.42. The Bertz CT molecular complexity index is 963. The Hall–Kier alpha value is -3.29. The minimum atomic E-state index is -1.05. The monoisotopic (exact) mass is 346 g/mol. The highest BCUT2D eigenvalue weighted by Gasteiger charge is 2.20. The third kappa shape index (κ3) is 3.18. The predicted octanol–water partition coefficient (Wildman–Crippen LogP) is 4.01. The minimum Gasteiger partial charge on any atom is -0.493 e. The first kappa shape index (κ1) is 16.6. The molecule has 3 aromatic rings. The molecule has 0 atom stereocenters. The van der Waals surface area contributed by atoms with Crippen LogP contribution in [0.25, 0.3) is 10.8 Å². The Balaban J connectivity index is 1.98. The molecule has 3 rings (SSSR count). The fourth-order valence-corrected chi connectivity index (χ4v) is 2.43. The van der Waals surface area contributed by atoms with Crippen molar-refractivity contribution in [1.29, 1.82) is 0 Å². The van der Waals surface area contributed by atoms with Crippen molar-refractivity contribution in [2.24, 2.45) is 0 Å². The molecule has 25 heavy (non-hydrogen) atoms. The van der Waals surface area contributed by atoms with Crippen molar-refractivity contribution >= 4 is 16.5 Å². The number of methoxy groups -OCH3 is 1. The van der Waals surface area contributed by atoms with Crippen LogP contribution >= 0.6 is 0 Å². The molecule has 2 aromatic carbocycles. The van der Waals surface area contributed by atoms with Crippen LogP contribution in [0.15, 0.2) is 42.7 Å². The highest BCUT2D eigenvalue weighted by Crippen LogP contribution is 2.34. The second-order valence-corrected chi connectivity index (χ2v) is 5.12. The average molecular weight is 346 g/mol. The Morgan fingerprint density at radius 2 is 1.96 bits per heavy atom. The zero-order valence-corrected chi connectivity index (χ0v) is 13.0. The first-order valence-electron chi connectivity index (χ1n) is 7.17. The lowest BCUT2D eigenvalue weighted by molar-refractivity contribution is -0.387. The number of nitro groups is 1. The number of ether oxygens (including phenoxy) is 2. The lowest BCUT2D eigenvalue weighted by Gasteiger charge is -2.13. The van der Waals surface area contributed by atoms with Crippen molar-refractivity contribution in [3.05, 3.63) is 70.0 Å². The number of nitrogens with zero attached hydrogens (tertiary/aromatic N) is 2. The summed E-state index contributed by atoms with van der Waals surface area (Å²) < 4.78 is 38.3. The normalized spacial score (nSPS) is 10.7. The molecule has 0 unspecified atom stereocenters. The van der Waals surface area contributed by atoms with E-state index in [1.807, 2.05) is 0 Å². The molecule has 128 valence electrons. The summed E-state index contributed by atoms with van der Waals surface area (Å²) >= 11 is 0. The van der Waals surface area contributed by atoms with Gasteiger partial charge in [0.1, 0.15) is 12.4 Å². The van der Waals surface area contributed by atoms with Crippen molar-refractivity contribution in [3.63, 3.8) is 0 Å². The first-order valence-corrected chi connectivity index (χ1v) is 7.17. The molecule has 0 radical (unpaired) electrons. The number of benzene rings is 2. The zero-order chi connectivity index (χ0) is 18.0. The Labute approximate surface area is 140 Å². The van der Waals surface area contributed by atoms with Crippen LogP contribution in [0.2, 0.25) is 0 Å². The standard InChI is InChI=1S/C17H12F2N2O4/c1-24-16-6-14(19)15(21(22)23)7-17(16)25-9-12-11-8-20-5-4-10(11)2-3-13(12)18/h2-8H,9H2,1H3. The second-order valence-electron chi connectivity index (χ2n) is 5.12. The van der Waals surface area contributed by atoms with Crippen LogP contribution in [0.1, 0.15) is 5.56 Å².